The minimum atomic E-state index is 0.215. The van der Waals surface area contributed by atoms with Crippen molar-refractivity contribution < 1.29 is 9.94 Å². The first-order chi connectivity index (χ1) is 6.74. The molecular weight excluding hydrogens is 180 g/mol. The quantitative estimate of drug-likeness (QED) is 0.632. The molecule has 74 valence electrons. The van der Waals surface area contributed by atoms with Crippen LogP contribution in [0, 0.1) is 6.92 Å². The van der Waals surface area contributed by atoms with Gasteiger partial charge in [0, 0.05) is 22.7 Å². The van der Waals surface area contributed by atoms with Crippen LogP contribution in [0.5, 0.6) is 5.75 Å². The lowest BCUT2D eigenvalue weighted by atomic mass is 10.1. The third kappa shape index (κ3) is 1.25. The second kappa shape index (κ2) is 3.32. The lowest BCUT2D eigenvalue weighted by Crippen LogP contribution is -1.99. The molecule has 14 heavy (non-hydrogen) atoms. The number of phenols is 1. The summed E-state index contributed by atoms with van der Waals surface area (Å²) >= 11 is 0. The molecule has 0 atom stereocenters. The smallest absolute Gasteiger partial charge is 0.130 e. The van der Waals surface area contributed by atoms with Gasteiger partial charge in [-0.2, -0.15) is 0 Å². The second-order valence-corrected chi connectivity index (χ2v) is 3.28. The molecule has 0 aliphatic carbocycles. The molecule has 0 spiro atoms. The van der Waals surface area contributed by atoms with Gasteiger partial charge < -0.3 is 10.1 Å². The summed E-state index contributed by atoms with van der Waals surface area (Å²) in [5.74, 6) is 5.21. The Morgan fingerprint density at radius 3 is 3.00 bits per heavy atom. The molecule has 0 saturated heterocycles. The summed E-state index contributed by atoms with van der Waals surface area (Å²) in [5, 5.41) is 10.7. The predicted molar refractivity (Wildman–Crippen MR) is 53.7 cm³/mol. The number of aromatic amines is 1. The Morgan fingerprint density at radius 2 is 2.29 bits per heavy atom. The van der Waals surface area contributed by atoms with Crippen molar-refractivity contribution in [1.82, 2.24) is 4.98 Å². The van der Waals surface area contributed by atoms with Gasteiger partial charge in [0.25, 0.3) is 0 Å². The number of nitrogens with one attached hydrogen (secondary N) is 1. The van der Waals surface area contributed by atoms with Crippen molar-refractivity contribution in [3.63, 3.8) is 0 Å². The first kappa shape index (κ1) is 9.05. The molecule has 0 radical (unpaired) electrons. The fourth-order valence-electron chi connectivity index (χ4n) is 1.62. The van der Waals surface area contributed by atoms with Crippen LogP contribution in [0.15, 0.2) is 18.3 Å². The second-order valence-electron chi connectivity index (χ2n) is 3.28. The number of H-pyrrole nitrogens is 1. The third-order valence-corrected chi connectivity index (χ3v) is 2.34. The van der Waals surface area contributed by atoms with Crippen LogP contribution in [0.4, 0.5) is 0 Å². The van der Waals surface area contributed by atoms with Crippen LogP contribution in [0.2, 0.25) is 0 Å². The Morgan fingerprint density at radius 1 is 1.50 bits per heavy atom. The van der Waals surface area contributed by atoms with E-state index in [1.54, 1.807) is 6.07 Å². The van der Waals surface area contributed by atoms with Crippen molar-refractivity contribution in [2.45, 2.75) is 13.5 Å². The van der Waals surface area contributed by atoms with Gasteiger partial charge in [-0.05, 0) is 18.6 Å². The van der Waals surface area contributed by atoms with Crippen molar-refractivity contribution in [2.24, 2.45) is 5.90 Å². The summed E-state index contributed by atoms with van der Waals surface area (Å²) in [7, 11) is 0. The number of nitrogens with two attached hydrogens (primary N) is 1. The van der Waals surface area contributed by atoms with Gasteiger partial charge in [0.05, 0.1) is 6.61 Å². The number of phenolic OH excluding ortho intramolecular Hbond substituents is 1. The van der Waals surface area contributed by atoms with Crippen LogP contribution in [-0.2, 0) is 11.4 Å². The van der Waals surface area contributed by atoms with Crippen LogP contribution in [0.25, 0.3) is 10.9 Å². The molecule has 1 aromatic heterocycles. The summed E-state index contributed by atoms with van der Waals surface area (Å²) in [5.41, 5.74) is 2.62. The molecule has 0 unspecified atom stereocenters. The van der Waals surface area contributed by atoms with E-state index >= 15 is 0 Å². The van der Waals surface area contributed by atoms with Gasteiger partial charge in [-0.1, -0.05) is 6.07 Å². The van der Waals surface area contributed by atoms with E-state index in [2.05, 4.69) is 9.82 Å². The monoisotopic (exact) mass is 192 g/mol. The highest BCUT2D eigenvalue weighted by molar-refractivity contribution is 5.89. The topological polar surface area (TPSA) is 71.3 Å². The zero-order chi connectivity index (χ0) is 10.1. The van der Waals surface area contributed by atoms with Crippen LogP contribution < -0.4 is 5.90 Å². The number of aromatic hydroxyl groups is 1. The third-order valence-electron chi connectivity index (χ3n) is 2.34. The molecule has 0 aliphatic heterocycles. The Labute approximate surface area is 81.3 Å². The molecule has 0 amide bonds. The van der Waals surface area contributed by atoms with Crippen LogP contribution in [-0.4, -0.2) is 10.1 Å². The van der Waals surface area contributed by atoms with Crippen LogP contribution >= 0.6 is 0 Å². The average Bonchev–Trinajstić information content (AvgIpc) is 2.54. The van der Waals surface area contributed by atoms with Gasteiger partial charge in [-0.15, -0.1) is 0 Å². The first-order valence-corrected chi connectivity index (χ1v) is 4.34. The van der Waals surface area contributed by atoms with Crippen LogP contribution in [0.3, 0.4) is 0 Å². The van der Waals surface area contributed by atoms with Crippen molar-refractivity contribution in [2.75, 3.05) is 0 Å². The minimum Gasteiger partial charge on any atom is -0.507 e. The lowest BCUT2D eigenvalue weighted by Gasteiger charge is -2.04. The SMILES string of the molecule is Cc1c[nH]c2ccc(CON)c(O)c12. The van der Waals surface area contributed by atoms with E-state index in [0.717, 1.165) is 16.5 Å². The largest absolute Gasteiger partial charge is 0.507 e. The summed E-state index contributed by atoms with van der Waals surface area (Å²) in [6, 6.07) is 3.69. The maximum atomic E-state index is 9.89. The van der Waals surface area contributed by atoms with Gasteiger partial charge in [0.2, 0.25) is 0 Å². The Bertz CT molecular complexity index is 462. The summed E-state index contributed by atoms with van der Waals surface area (Å²) in [4.78, 5) is 7.57. The fourth-order valence-corrected chi connectivity index (χ4v) is 1.62. The molecule has 0 fully saturated rings. The standard InChI is InChI=1S/C10H12N2O2/c1-6-4-12-8-3-2-7(5-14-11)10(13)9(6)8/h2-4,12-13H,5,11H2,1H3. The van der Waals surface area contributed by atoms with Gasteiger partial charge in [-0.25, -0.2) is 5.90 Å². The molecule has 4 N–H and O–H groups in total. The zero-order valence-corrected chi connectivity index (χ0v) is 7.87. The Kier molecular flexibility index (Phi) is 2.15. The molecular formula is C10H12N2O2. The van der Waals surface area contributed by atoms with Gasteiger partial charge in [0.1, 0.15) is 5.75 Å². The fraction of sp³-hybridized carbons (Fsp3) is 0.200. The number of hydrogen-bond acceptors (Lipinski definition) is 3. The number of hydrogen-bond donors (Lipinski definition) is 3. The molecule has 0 bridgehead atoms. The average molecular weight is 192 g/mol. The van der Waals surface area contributed by atoms with E-state index < -0.39 is 0 Å². The van der Waals surface area contributed by atoms with Crippen molar-refractivity contribution in [3.8, 4) is 5.75 Å². The Balaban J connectivity index is 2.66. The number of rotatable bonds is 2. The number of aryl methyl sites for hydroxylation is 1. The molecule has 2 rings (SSSR count). The summed E-state index contributed by atoms with van der Waals surface area (Å²) in [6.45, 7) is 2.15. The van der Waals surface area contributed by atoms with E-state index in [1.165, 1.54) is 0 Å². The van der Waals surface area contributed by atoms with E-state index in [9.17, 15) is 5.11 Å². The zero-order valence-electron chi connectivity index (χ0n) is 7.87. The van der Waals surface area contributed by atoms with Gasteiger partial charge >= 0.3 is 0 Å². The molecule has 0 saturated carbocycles. The van der Waals surface area contributed by atoms with E-state index in [4.69, 9.17) is 5.90 Å². The van der Waals surface area contributed by atoms with Crippen molar-refractivity contribution >= 4 is 10.9 Å². The minimum absolute atomic E-state index is 0.215. The number of fused-ring (bicyclic) bond motifs is 1. The molecule has 1 heterocycles. The predicted octanol–water partition coefficient (Wildman–Crippen LogP) is 1.57. The van der Waals surface area contributed by atoms with Crippen molar-refractivity contribution in [3.05, 3.63) is 29.5 Å². The van der Waals surface area contributed by atoms with E-state index in [-0.39, 0.29) is 12.4 Å². The number of aromatic nitrogens is 1. The maximum Gasteiger partial charge on any atom is 0.130 e. The van der Waals surface area contributed by atoms with Crippen LogP contribution in [0.1, 0.15) is 11.1 Å². The van der Waals surface area contributed by atoms with Gasteiger partial charge in [-0.3, -0.25) is 4.84 Å². The molecule has 1 aromatic carbocycles. The highest BCUT2D eigenvalue weighted by atomic mass is 16.6. The molecule has 4 nitrogen and oxygen atoms in total. The highest BCUT2D eigenvalue weighted by Crippen LogP contribution is 2.31. The number of benzene rings is 1. The molecule has 4 heteroatoms. The van der Waals surface area contributed by atoms with E-state index in [0.29, 0.717) is 5.56 Å². The summed E-state index contributed by atoms with van der Waals surface area (Å²) < 4.78 is 0. The Hall–Kier alpha value is -1.52. The van der Waals surface area contributed by atoms with Crippen molar-refractivity contribution in [1.29, 1.82) is 0 Å². The maximum absolute atomic E-state index is 9.89. The normalized spacial score (nSPS) is 11.0. The molecule has 0 aliphatic rings. The lowest BCUT2D eigenvalue weighted by molar-refractivity contribution is 0.122. The first-order valence-electron chi connectivity index (χ1n) is 4.34. The molecule has 2 aromatic rings. The van der Waals surface area contributed by atoms with Gasteiger partial charge in [0.15, 0.2) is 0 Å². The van der Waals surface area contributed by atoms with E-state index in [1.807, 2.05) is 19.2 Å². The highest BCUT2D eigenvalue weighted by Gasteiger charge is 2.09. The summed E-state index contributed by atoms with van der Waals surface area (Å²) in [6.07, 6.45) is 1.86.